The van der Waals surface area contributed by atoms with Gasteiger partial charge in [0.15, 0.2) is 5.78 Å². The molecule has 3 nitrogen and oxygen atoms in total. The predicted molar refractivity (Wildman–Crippen MR) is 62.5 cm³/mol. The van der Waals surface area contributed by atoms with E-state index in [1.807, 2.05) is 14.0 Å². The first kappa shape index (κ1) is 11.7. The summed E-state index contributed by atoms with van der Waals surface area (Å²) in [5.74, 6) is 0.473. The Morgan fingerprint density at radius 1 is 1.53 bits per heavy atom. The van der Waals surface area contributed by atoms with E-state index in [9.17, 15) is 4.79 Å². The number of hydrogen-bond acceptors (Lipinski definition) is 3. The molecule has 0 radical (unpaired) electrons. The van der Waals surface area contributed by atoms with Gasteiger partial charge in [0.05, 0.1) is 11.4 Å². The molecule has 0 aliphatic rings. The summed E-state index contributed by atoms with van der Waals surface area (Å²) in [5.41, 5.74) is 2.58. The van der Waals surface area contributed by atoms with Gasteiger partial charge in [0.1, 0.15) is 0 Å². The van der Waals surface area contributed by atoms with Gasteiger partial charge in [-0.15, -0.1) is 0 Å². The predicted octanol–water partition coefficient (Wildman–Crippen LogP) is 2.84. The minimum Gasteiger partial charge on any atom is -0.386 e. The number of pyridine rings is 1. The highest BCUT2D eigenvalue weighted by Crippen LogP contribution is 2.25. The summed E-state index contributed by atoms with van der Waals surface area (Å²) in [4.78, 5) is 16.0. The molecule has 0 bridgehead atoms. The number of aromatic nitrogens is 1. The van der Waals surface area contributed by atoms with Crippen LogP contribution in [0.25, 0.3) is 0 Å². The van der Waals surface area contributed by atoms with E-state index in [1.54, 1.807) is 12.3 Å². The Bertz CT molecular complexity index is 359. The van der Waals surface area contributed by atoms with Gasteiger partial charge in [0.25, 0.3) is 0 Å². The van der Waals surface area contributed by atoms with Crippen molar-refractivity contribution in [3.63, 3.8) is 0 Å². The summed E-state index contributed by atoms with van der Waals surface area (Å²) in [6.45, 7) is 6.02. The topological polar surface area (TPSA) is 42.0 Å². The third-order valence-electron chi connectivity index (χ3n) is 2.40. The van der Waals surface area contributed by atoms with Crippen LogP contribution in [0.3, 0.4) is 0 Å². The maximum Gasteiger partial charge on any atom is 0.164 e. The van der Waals surface area contributed by atoms with Crippen LogP contribution >= 0.6 is 0 Å². The highest BCUT2D eigenvalue weighted by molar-refractivity contribution is 6.01. The van der Waals surface area contributed by atoms with Crippen molar-refractivity contribution in [1.82, 2.24) is 4.98 Å². The summed E-state index contributed by atoms with van der Waals surface area (Å²) in [5, 5.41) is 3.08. The zero-order chi connectivity index (χ0) is 11.4. The van der Waals surface area contributed by atoms with Crippen molar-refractivity contribution >= 4 is 11.5 Å². The molecule has 3 heteroatoms. The van der Waals surface area contributed by atoms with Crippen molar-refractivity contribution in [2.75, 3.05) is 12.4 Å². The van der Waals surface area contributed by atoms with Gasteiger partial charge < -0.3 is 5.32 Å². The van der Waals surface area contributed by atoms with E-state index in [4.69, 9.17) is 0 Å². The van der Waals surface area contributed by atoms with Crippen molar-refractivity contribution in [3.8, 4) is 0 Å². The van der Waals surface area contributed by atoms with Gasteiger partial charge in [-0.1, -0.05) is 20.8 Å². The highest BCUT2D eigenvalue weighted by atomic mass is 16.1. The SMILES string of the molecule is CCC(=O)c1ccnc(C(C)C)c1NC. The molecule has 1 rings (SSSR count). The highest BCUT2D eigenvalue weighted by Gasteiger charge is 2.15. The first-order valence-electron chi connectivity index (χ1n) is 5.31. The number of anilines is 1. The molecule has 0 unspecified atom stereocenters. The largest absolute Gasteiger partial charge is 0.386 e. The smallest absolute Gasteiger partial charge is 0.164 e. The van der Waals surface area contributed by atoms with Crippen LogP contribution in [-0.4, -0.2) is 17.8 Å². The zero-order valence-electron chi connectivity index (χ0n) is 9.79. The van der Waals surface area contributed by atoms with E-state index in [0.29, 0.717) is 12.3 Å². The van der Waals surface area contributed by atoms with Gasteiger partial charge in [-0.05, 0) is 12.0 Å². The van der Waals surface area contributed by atoms with Crippen molar-refractivity contribution < 1.29 is 4.79 Å². The van der Waals surface area contributed by atoms with Gasteiger partial charge in [0.2, 0.25) is 0 Å². The third-order valence-corrected chi connectivity index (χ3v) is 2.40. The van der Waals surface area contributed by atoms with Crippen LogP contribution in [-0.2, 0) is 0 Å². The van der Waals surface area contributed by atoms with Gasteiger partial charge in [-0.25, -0.2) is 0 Å². The van der Waals surface area contributed by atoms with Gasteiger partial charge in [0, 0.05) is 25.2 Å². The molecule has 1 N–H and O–H groups in total. The molecule has 0 saturated heterocycles. The van der Waals surface area contributed by atoms with Gasteiger partial charge in [-0.2, -0.15) is 0 Å². The number of carbonyl (C=O) groups excluding carboxylic acids is 1. The second kappa shape index (κ2) is 4.91. The minimum absolute atomic E-state index is 0.156. The summed E-state index contributed by atoms with van der Waals surface area (Å²) in [6, 6.07) is 1.78. The van der Waals surface area contributed by atoms with Gasteiger partial charge in [-0.3, -0.25) is 9.78 Å². The molecule has 0 fully saturated rings. The molecule has 82 valence electrons. The third kappa shape index (κ3) is 2.35. The van der Waals surface area contributed by atoms with Crippen LogP contribution in [0.15, 0.2) is 12.3 Å². The average molecular weight is 206 g/mol. The first-order chi connectivity index (χ1) is 7.11. The summed E-state index contributed by atoms with van der Waals surface area (Å²) < 4.78 is 0. The fourth-order valence-corrected chi connectivity index (χ4v) is 1.60. The normalized spacial score (nSPS) is 10.5. The average Bonchev–Trinajstić information content (AvgIpc) is 2.26. The molecule has 0 aromatic carbocycles. The van der Waals surface area contributed by atoms with Crippen LogP contribution in [0.1, 0.15) is 49.2 Å². The maximum absolute atomic E-state index is 11.7. The Kier molecular flexibility index (Phi) is 3.83. The van der Waals surface area contributed by atoms with E-state index < -0.39 is 0 Å². The quantitative estimate of drug-likeness (QED) is 0.770. The minimum atomic E-state index is 0.156. The van der Waals surface area contributed by atoms with Crippen molar-refractivity contribution in [2.45, 2.75) is 33.1 Å². The second-order valence-electron chi connectivity index (χ2n) is 3.80. The molecule has 1 heterocycles. The number of nitrogens with zero attached hydrogens (tertiary/aromatic N) is 1. The van der Waals surface area contributed by atoms with Crippen molar-refractivity contribution in [3.05, 3.63) is 23.5 Å². The summed E-state index contributed by atoms with van der Waals surface area (Å²) >= 11 is 0. The lowest BCUT2D eigenvalue weighted by atomic mass is 10.0. The monoisotopic (exact) mass is 206 g/mol. The number of nitrogens with one attached hydrogen (secondary N) is 1. The summed E-state index contributed by atoms with van der Waals surface area (Å²) in [6.07, 6.45) is 2.23. The molecule has 0 aliphatic heterocycles. The first-order valence-corrected chi connectivity index (χ1v) is 5.31. The Balaban J connectivity index is 3.28. The van der Waals surface area contributed by atoms with E-state index in [0.717, 1.165) is 16.9 Å². The lowest BCUT2D eigenvalue weighted by Crippen LogP contribution is -2.08. The van der Waals surface area contributed by atoms with Crippen LogP contribution in [0.4, 0.5) is 5.69 Å². The Labute approximate surface area is 90.9 Å². The molecular formula is C12H18N2O. The molecule has 0 spiro atoms. The van der Waals surface area contributed by atoms with Crippen molar-refractivity contribution in [2.24, 2.45) is 0 Å². The van der Waals surface area contributed by atoms with E-state index in [-0.39, 0.29) is 5.78 Å². The number of hydrogen-bond donors (Lipinski definition) is 1. The lowest BCUT2D eigenvalue weighted by Gasteiger charge is -2.14. The van der Waals surface area contributed by atoms with E-state index >= 15 is 0 Å². The Morgan fingerprint density at radius 3 is 2.67 bits per heavy atom. The molecule has 1 aromatic heterocycles. The van der Waals surface area contributed by atoms with Crippen LogP contribution < -0.4 is 5.32 Å². The zero-order valence-corrected chi connectivity index (χ0v) is 9.79. The number of carbonyl (C=O) groups is 1. The van der Waals surface area contributed by atoms with Crippen LogP contribution in [0.2, 0.25) is 0 Å². The van der Waals surface area contributed by atoms with Crippen molar-refractivity contribution in [1.29, 1.82) is 0 Å². The number of rotatable bonds is 4. The van der Waals surface area contributed by atoms with E-state index in [1.165, 1.54) is 0 Å². The number of Topliss-reactive ketones (excluding diaryl/α,β-unsaturated/α-hetero) is 1. The van der Waals surface area contributed by atoms with E-state index in [2.05, 4.69) is 24.1 Å². The Hall–Kier alpha value is -1.38. The molecular weight excluding hydrogens is 188 g/mol. The van der Waals surface area contributed by atoms with Crippen LogP contribution in [0.5, 0.6) is 0 Å². The molecule has 0 amide bonds. The fourth-order valence-electron chi connectivity index (χ4n) is 1.60. The standard InChI is InChI=1S/C12H18N2O/c1-5-10(15)9-6-7-14-11(8(2)3)12(9)13-4/h6-8,13H,5H2,1-4H3. The maximum atomic E-state index is 11.7. The fraction of sp³-hybridized carbons (Fsp3) is 0.500. The van der Waals surface area contributed by atoms with Gasteiger partial charge >= 0.3 is 0 Å². The molecule has 0 aliphatic carbocycles. The Morgan fingerprint density at radius 2 is 2.20 bits per heavy atom. The molecule has 1 aromatic rings. The number of ketones is 1. The summed E-state index contributed by atoms with van der Waals surface area (Å²) in [7, 11) is 1.83. The molecule has 0 atom stereocenters. The van der Waals surface area contributed by atoms with Crippen LogP contribution in [0, 0.1) is 0 Å². The molecule has 0 saturated carbocycles. The molecule has 15 heavy (non-hydrogen) atoms. The second-order valence-corrected chi connectivity index (χ2v) is 3.80. The lowest BCUT2D eigenvalue weighted by molar-refractivity contribution is 0.0988.